The van der Waals surface area contributed by atoms with Gasteiger partial charge in [0, 0.05) is 67.8 Å². The SMILES string of the molecule is CC1=C(C(=O)OC[C@@H]2CCCO2)[C@@H](c2ccc([N+](=O)[O-])cc2)C2=C(C[C@H](c3ccc(N(C)C)cc3)CC2=O)N1. The molecule has 204 valence electrons. The first-order chi connectivity index (χ1) is 18.7. The van der Waals surface area contributed by atoms with E-state index in [-0.39, 0.29) is 30.1 Å². The molecule has 0 spiro atoms. The number of allylic oxidation sites excluding steroid dienone is 3. The molecule has 0 aromatic heterocycles. The van der Waals surface area contributed by atoms with Crippen molar-refractivity contribution < 1.29 is 24.0 Å². The highest BCUT2D eigenvalue weighted by atomic mass is 16.6. The average molecular weight is 532 g/mol. The van der Waals surface area contributed by atoms with Crippen LogP contribution in [0.2, 0.25) is 0 Å². The van der Waals surface area contributed by atoms with Gasteiger partial charge in [-0.1, -0.05) is 24.3 Å². The zero-order valence-electron chi connectivity index (χ0n) is 22.4. The minimum absolute atomic E-state index is 0.00158. The van der Waals surface area contributed by atoms with Crippen LogP contribution in [-0.4, -0.2) is 50.1 Å². The molecular weight excluding hydrogens is 498 g/mol. The molecule has 1 aliphatic carbocycles. The molecule has 3 aliphatic rings. The molecule has 2 aromatic carbocycles. The van der Waals surface area contributed by atoms with E-state index in [0.29, 0.717) is 41.9 Å². The fraction of sp³-hybridized carbons (Fsp3) is 0.400. The van der Waals surface area contributed by atoms with Gasteiger partial charge in [0.15, 0.2) is 5.78 Å². The molecule has 0 bridgehead atoms. The molecule has 1 fully saturated rings. The second kappa shape index (κ2) is 11.0. The fourth-order valence-corrected chi connectivity index (χ4v) is 5.73. The van der Waals surface area contributed by atoms with Gasteiger partial charge in [0.1, 0.15) is 6.61 Å². The largest absolute Gasteiger partial charge is 0.459 e. The molecule has 0 saturated carbocycles. The number of nitro benzene ring substituents is 1. The number of anilines is 1. The Morgan fingerprint density at radius 1 is 1.10 bits per heavy atom. The molecule has 0 unspecified atom stereocenters. The molecule has 2 aromatic rings. The van der Waals surface area contributed by atoms with Crippen LogP contribution in [0.5, 0.6) is 0 Å². The summed E-state index contributed by atoms with van der Waals surface area (Å²) in [5, 5.41) is 14.6. The average Bonchev–Trinajstić information content (AvgIpc) is 3.45. The molecule has 9 nitrogen and oxygen atoms in total. The number of carbonyl (C=O) groups is 2. The van der Waals surface area contributed by atoms with Crippen molar-refractivity contribution in [2.24, 2.45) is 0 Å². The number of non-ortho nitro benzene ring substituents is 1. The number of esters is 1. The Bertz CT molecular complexity index is 1340. The van der Waals surface area contributed by atoms with Gasteiger partial charge in [-0.15, -0.1) is 0 Å². The van der Waals surface area contributed by atoms with E-state index in [2.05, 4.69) is 17.4 Å². The molecule has 2 heterocycles. The van der Waals surface area contributed by atoms with Crippen LogP contribution >= 0.6 is 0 Å². The molecule has 0 amide bonds. The standard InChI is InChI=1S/C30H33N3O6/c1-18-27(30(35)39-17-24-5-4-14-38-24)28(20-8-12-23(13-9-20)33(36)37)29-25(31-18)15-21(16-26(29)34)19-6-10-22(11-7-19)32(2)3/h6-13,21,24,28,31H,4-5,14-17H2,1-3H3/t21-,24-,28+/m0/s1. The highest BCUT2D eigenvalue weighted by molar-refractivity contribution is 6.04. The van der Waals surface area contributed by atoms with Crippen LogP contribution in [0.15, 0.2) is 71.1 Å². The van der Waals surface area contributed by atoms with E-state index in [9.17, 15) is 19.7 Å². The van der Waals surface area contributed by atoms with Crippen LogP contribution in [0.25, 0.3) is 0 Å². The lowest BCUT2D eigenvalue weighted by atomic mass is 9.71. The Labute approximate surface area is 227 Å². The molecule has 2 aliphatic heterocycles. The van der Waals surface area contributed by atoms with Crippen LogP contribution in [0.4, 0.5) is 11.4 Å². The number of carbonyl (C=O) groups excluding carboxylic acids is 2. The van der Waals surface area contributed by atoms with Crippen molar-refractivity contribution >= 4 is 23.1 Å². The summed E-state index contributed by atoms with van der Waals surface area (Å²) in [5.74, 6) is -1.24. The highest BCUT2D eigenvalue weighted by Crippen LogP contribution is 2.46. The van der Waals surface area contributed by atoms with Gasteiger partial charge >= 0.3 is 5.97 Å². The second-order valence-electron chi connectivity index (χ2n) is 10.6. The number of dihydropyridines is 1. The number of ketones is 1. The second-order valence-corrected chi connectivity index (χ2v) is 10.6. The number of hydrogen-bond acceptors (Lipinski definition) is 8. The lowest BCUT2D eigenvalue weighted by Crippen LogP contribution is -2.36. The number of rotatable bonds is 7. The van der Waals surface area contributed by atoms with Crippen molar-refractivity contribution in [1.82, 2.24) is 5.32 Å². The maximum atomic E-state index is 13.8. The molecule has 1 N–H and O–H groups in total. The maximum Gasteiger partial charge on any atom is 0.336 e. The number of nitrogens with zero attached hydrogens (tertiary/aromatic N) is 2. The van der Waals surface area contributed by atoms with Crippen LogP contribution < -0.4 is 10.2 Å². The zero-order valence-corrected chi connectivity index (χ0v) is 22.4. The number of nitrogens with one attached hydrogen (secondary N) is 1. The Hall–Kier alpha value is -3.98. The topological polar surface area (TPSA) is 111 Å². The quantitative estimate of drug-likeness (QED) is 0.310. The number of Topliss-reactive ketones (excluding diaryl/α,β-unsaturated/α-hetero) is 1. The molecule has 5 rings (SSSR count). The van der Waals surface area contributed by atoms with Crippen LogP contribution in [0.3, 0.4) is 0 Å². The summed E-state index contributed by atoms with van der Waals surface area (Å²) in [6, 6.07) is 14.3. The number of hydrogen-bond donors (Lipinski definition) is 1. The summed E-state index contributed by atoms with van der Waals surface area (Å²) >= 11 is 0. The molecule has 1 saturated heterocycles. The third-order valence-electron chi connectivity index (χ3n) is 7.79. The van der Waals surface area contributed by atoms with Gasteiger partial charge in [-0.05, 0) is 55.4 Å². The summed E-state index contributed by atoms with van der Waals surface area (Å²) in [6.45, 7) is 2.61. The summed E-state index contributed by atoms with van der Waals surface area (Å²) in [6.07, 6.45) is 2.56. The van der Waals surface area contributed by atoms with Gasteiger partial charge in [-0.2, -0.15) is 0 Å². The Balaban J connectivity index is 1.49. The van der Waals surface area contributed by atoms with Crippen molar-refractivity contribution in [2.75, 3.05) is 32.2 Å². The monoisotopic (exact) mass is 531 g/mol. The lowest BCUT2D eigenvalue weighted by Gasteiger charge is -2.36. The minimum Gasteiger partial charge on any atom is -0.459 e. The van der Waals surface area contributed by atoms with E-state index in [4.69, 9.17) is 9.47 Å². The first kappa shape index (κ1) is 26.6. The lowest BCUT2D eigenvalue weighted by molar-refractivity contribution is -0.384. The summed E-state index contributed by atoms with van der Waals surface area (Å²) in [5.41, 5.74) is 5.02. The first-order valence-electron chi connectivity index (χ1n) is 13.3. The van der Waals surface area contributed by atoms with Gasteiger partial charge in [-0.3, -0.25) is 14.9 Å². The maximum absolute atomic E-state index is 13.8. The van der Waals surface area contributed by atoms with Crippen molar-refractivity contribution in [3.05, 3.63) is 92.3 Å². The highest BCUT2D eigenvalue weighted by Gasteiger charge is 2.41. The van der Waals surface area contributed by atoms with E-state index in [1.165, 1.54) is 12.1 Å². The minimum atomic E-state index is -0.677. The van der Waals surface area contributed by atoms with E-state index in [0.717, 1.165) is 29.8 Å². The number of nitro groups is 1. The Kier molecular flexibility index (Phi) is 7.52. The summed E-state index contributed by atoms with van der Waals surface area (Å²) < 4.78 is 11.3. The van der Waals surface area contributed by atoms with Crippen molar-refractivity contribution in [1.29, 1.82) is 0 Å². The molecular formula is C30H33N3O6. The third kappa shape index (κ3) is 5.45. The van der Waals surface area contributed by atoms with Gasteiger partial charge in [-0.25, -0.2) is 4.79 Å². The van der Waals surface area contributed by atoms with E-state index in [1.54, 1.807) is 12.1 Å². The first-order valence-corrected chi connectivity index (χ1v) is 13.3. The van der Waals surface area contributed by atoms with Crippen molar-refractivity contribution in [3.63, 3.8) is 0 Å². The smallest absolute Gasteiger partial charge is 0.336 e. The zero-order chi connectivity index (χ0) is 27.7. The normalized spacial score (nSPS) is 22.8. The van der Waals surface area contributed by atoms with Gasteiger partial charge < -0.3 is 19.7 Å². The van der Waals surface area contributed by atoms with Gasteiger partial charge in [0.25, 0.3) is 5.69 Å². The van der Waals surface area contributed by atoms with Crippen LogP contribution in [0, 0.1) is 10.1 Å². The van der Waals surface area contributed by atoms with Gasteiger partial charge in [0.2, 0.25) is 0 Å². The molecule has 39 heavy (non-hydrogen) atoms. The van der Waals surface area contributed by atoms with Crippen molar-refractivity contribution in [2.45, 2.75) is 50.5 Å². The Morgan fingerprint density at radius 2 is 1.79 bits per heavy atom. The van der Waals surface area contributed by atoms with E-state index >= 15 is 0 Å². The van der Waals surface area contributed by atoms with Crippen LogP contribution in [-0.2, 0) is 19.1 Å². The third-order valence-corrected chi connectivity index (χ3v) is 7.79. The fourth-order valence-electron chi connectivity index (χ4n) is 5.73. The molecule has 9 heteroatoms. The van der Waals surface area contributed by atoms with E-state index < -0.39 is 16.8 Å². The summed E-state index contributed by atoms with van der Waals surface area (Å²) in [7, 11) is 3.97. The van der Waals surface area contributed by atoms with Crippen LogP contribution in [0.1, 0.15) is 55.6 Å². The molecule has 3 atom stereocenters. The summed E-state index contributed by atoms with van der Waals surface area (Å²) in [4.78, 5) is 40.1. The Morgan fingerprint density at radius 3 is 2.41 bits per heavy atom. The predicted molar refractivity (Wildman–Crippen MR) is 146 cm³/mol. The predicted octanol–water partition coefficient (Wildman–Crippen LogP) is 4.74. The number of benzene rings is 2. The van der Waals surface area contributed by atoms with Crippen molar-refractivity contribution in [3.8, 4) is 0 Å². The van der Waals surface area contributed by atoms with E-state index in [1.807, 2.05) is 38.1 Å². The number of ether oxygens (including phenoxy) is 2. The van der Waals surface area contributed by atoms with Gasteiger partial charge in [0.05, 0.1) is 16.6 Å². The molecule has 0 radical (unpaired) electrons.